The molecule has 9 nitrogen and oxygen atoms in total. The number of amides is 2. The van der Waals surface area contributed by atoms with E-state index in [1.54, 1.807) is 29.3 Å². The second kappa shape index (κ2) is 12.3. The van der Waals surface area contributed by atoms with Crippen LogP contribution in [-0.2, 0) is 20.6 Å². The maximum Gasteiger partial charge on any atom is 0.495 e. The fourth-order valence-electron chi connectivity index (χ4n) is 4.85. The summed E-state index contributed by atoms with van der Waals surface area (Å²) in [5, 5.41) is 3.89. The standard InChI is InChI=1S/C30H38BClN4O5/c1-7-23(32)9-8-20(2)10-11-33-27(38)24-13-21-12-22(31-40-18-30(5,6)19-41-31)14-34-26(21)36(28(24)39)15-25(37)35-16-29(3,4)17-35/h7-9,12-14H,1,10-11,15-19H2,2-6H3,(H,33,38). The van der Waals surface area contributed by atoms with Crippen molar-refractivity contribution in [1.82, 2.24) is 19.8 Å². The van der Waals surface area contributed by atoms with Gasteiger partial charge in [0.15, 0.2) is 0 Å². The molecule has 2 amide bonds. The van der Waals surface area contributed by atoms with E-state index in [1.165, 1.54) is 10.6 Å². The number of rotatable bonds is 9. The SMILES string of the molecule is C=CC(Cl)=CC=C(C)CCNC(=O)c1cc2cc(B3OCC(C)(C)CO3)cnc2n(CC(=O)N2CC(C)(C)C2)c1=O. The van der Waals surface area contributed by atoms with E-state index in [1.807, 2.05) is 13.0 Å². The summed E-state index contributed by atoms with van der Waals surface area (Å²) in [7, 11) is -0.610. The Morgan fingerprint density at radius 2 is 1.83 bits per heavy atom. The molecule has 0 aromatic carbocycles. The zero-order valence-electron chi connectivity index (χ0n) is 24.5. The van der Waals surface area contributed by atoms with Crippen LogP contribution in [0.15, 0.2) is 58.5 Å². The summed E-state index contributed by atoms with van der Waals surface area (Å²) >= 11 is 5.95. The van der Waals surface area contributed by atoms with E-state index in [-0.39, 0.29) is 28.8 Å². The van der Waals surface area contributed by atoms with Crippen molar-refractivity contribution in [2.45, 2.75) is 47.6 Å². The van der Waals surface area contributed by atoms with Gasteiger partial charge in [-0.2, -0.15) is 0 Å². The third kappa shape index (κ3) is 7.55. The lowest BCUT2D eigenvalue weighted by Gasteiger charge is -2.45. The molecule has 0 bridgehead atoms. The highest BCUT2D eigenvalue weighted by molar-refractivity contribution is 6.61. The van der Waals surface area contributed by atoms with Gasteiger partial charge in [0, 0.05) is 60.3 Å². The molecule has 0 spiro atoms. The fraction of sp³-hybridized carbons (Fsp3) is 0.467. The minimum Gasteiger partial charge on any atom is -0.407 e. The van der Waals surface area contributed by atoms with E-state index in [0.29, 0.717) is 60.8 Å². The molecule has 2 aromatic heterocycles. The molecule has 2 aromatic rings. The lowest BCUT2D eigenvalue weighted by molar-refractivity contribution is -0.142. The predicted octanol–water partition coefficient (Wildman–Crippen LogP) is 3.41. The van der Waals surface area contributed by atoms with Gasteiger partial charge >= 0.3 is 7.12 Å². The molecule has 4 rings (SSSR count). The molecule has 11 heteroatoms. The van der Waals surface area contributed by atoms with Gasteiger partial charge < -0.3 is 19.5 Å². The van der Waals surface area contributed by atoms with Crippen LogP contribution in [0.1, 0.15) is 51.4 Å². The van der Waals surface area contributed by atoms with Crippen molar-refractivity contribution in [1.29, 1.82) is 0 Å². The Labute approximate surface area is 246 Å². The minimum absolute atomic E-state index is 0.0471. The van der Waals surface area contributed by atoms with Gasteiger partial charge in [-0.25, -0.2) is 4.98 Å². The number of halogens is 1. The third-order valence-corrected chi connectivity index (χ3v) is 7.41. The molecular weight excluding hydrogens is 543 g/mol. The number of fused-ring (bicyclic) bond motifs is 1. The molecule has 2 aliphatic rings. The Morgan fingerprint density at radius 3 is 2.46 bits per heavy atom. The van der Waals surface area contributed by atoms with Crippen LogP contribution in [0.2, 0.25) is 0 Å². The lowest BCUT2D eigenvalue weighted by atomic mass is 9.76. The highest BCUT2D eigenvalue weighted by Crippen LogP contribution is 2.29. The smallest absolute Gasteiger partial charge is 0.407 e. The Bertz CT molecular complexity index is 1460. The van der Waals surface area contributed by atoms with Gasteiger partial charge in [-0.05, 0) is 37.0 Å². The van der Waals surface area contributed by atoms with Crippen LogP contribution < -0.4 is 16.3 Å². The van der Waals surface area contributed by atoms with Crippen molar-refractivity contribution < 1.29 is 18.9 Å². The minimum atomic E-state index is -0.610. The molecule has 0 radical (unpaired) electrons. The van der Waals surface area contributed by atoms with Crippen LogP contribution in [0, 0.1) is 10.8 Å². The van der Waals surface area contributed by atoms with Crippen molar-refractivity contribution in [2.24, 2.45) is 10.8 Å². The molecule has 41 heavy (non-hydrogen) atoms. The van der Waals surface area contributed by atoms with Crippen molar-refractivity contribution in [3.8, 4) is 0 Å². The molecule has 1 N–H and O–H groups in total. The second-order valence-electron chi connectivity index (χ2n) is 12.4. The van der Waals surface area contributed by atoms with Crippen molar-refractivity contribution in [2.75, 3.05) is 32.8 Å². The van der Waals surface area contributed by atoms with Gasteiger partial charge in [-0.15, -0.1) is 0 Å². The molecular formula is C30H38BClN4O5. The van der Waals surface area contributed by atoms with E-state index in [0.717, 1.165) is 5.57 Å². The van der Waals surface area contributed by atoms with Crippen LogP contribution in [-0.4, -0.2) is 66.2 Å². The van der Waals surface area contributed by atoms with E-state index in [2.05, 4.69) is 44.6 Å². The summed E-state index contributed by atoms with van der Waals surface area (Å²) in [5.41, 5.74) is 1.32. The Balaban J connectivity index is 1.62. The third-order valence-electron chi connectivity index (χ3n) is 7.13. The second-order valence-corrected chi connectivity index (χ2v) is 12.9. The number of hydrogen-bond acceptors (Lipinski definition) is 6. The summed E-state index contributed by atoms with van der Waals surface area (Å²) in [4.78, 5) is 46.1. The molecule has 2 saturated heterocycles. The fourth-order valence-corrected chi connectivity index (χ4v) is 4.91. The van der Waals surface area contributed by atoms with Crippen LogP contribution in [0.4, 0.5) is 0 Å². The molecule has 0 aliphatic carbocycles. The first-order chi connectivity index (χ1) is 19.3. The van der Waals surface area contributed by atoms with Crippen LogP contribution in [0.3, 0.4) is 0 Å². The average Bonchev–Trinajstić information content (AvgIpc) is 2.91. The van der Waals surface area contributed by atoms with Gasteiger partial charge in [-0.1, -0.05) is 63.6 Å². The number of carbonyl (C=O) groups excluding carboxylic acids is 2. The largest absolute Gasteiger partial charge is 0.495 e. The lowest BCUT2D eigenvalue weighted by Crippen LogP contribution is -2.56. The van der Waals surface area contributed by atoms with E-state index in [4.69, 9.17) is 20.9 Å². The zero-order chi connectivity index (χ0) is 29.9. The average molecular weight is 581 g/mol. The van der Waals surface area contributed by atoms with Gasteiger partial charge in [0.2, 0.25) is 5.91 Å². The number of nitrogens with zero attached hydrogens (tertiary/aromatic N) is 3. The molecule has 0 unspecified atom stereocenters. The van der Waals surface area contributed by atoms with Crippen LogP contribution >= 0.6 is 11.6 Å². The molecule has 2 fully saturated rings. The summed E-state index contributed by atoms with van der Waals surface area (Å²) in [5.74, 6) is -0.711. The van der Waals surface area contributed by atoms with Crippen molar-refractivity contribution in [3.63, 3.8) is 0 Å². The Hall–Kier alpha value is -3.21. The first kappa shape index (κ1) is 30.7. The first-order valence-electron chi connectivity index (χ1n) is 13.8. The van der Waals surface area contributed by atoms with Crippen LogP contribution in [0.25, 0.3) is 11.0 Å². The Morgan fingerprint density at radius 1 is 1.15 bits per heavy atom. The summed E-state index contributed by atoms with van der Waals surface area (Å²) in [6.07, 6.45) is 7.28. The number of pyridine rings is 2. The van der Waals surface area contributed by atoms with E-state index in [9.17, 15) is 14.4 Å². The quantitative estimate of drug-likeness (QED) is 0.360. The van der Waals surface area contributed by atoms with Gasteiger partial charge in [0.05, 0.1) is 0 Å². The van der Waals surface area contributed by atoms with Gasteiger partial charge in [0.25, 0.3) is 11.5 Å². The summed E-state index contributed by atoms with van der Waals surface area (Å²) < 4.78 is 13.1. The number of carbonyl (C=O) groups is 2. The van der Waals surface area contributed by atoms with Crippen molar-refractivity contribution in [3.05, 3.63) is 69.7 Å². The maximum absolute atomic E-state index is 13.6. The number of nitrogens with one attached hydrogen (secondary N) is 1. The Kier molecular flexibility index (Phi) is 9.26. The molecule has 2 aliphatic heterocycles. The van der Waals surface area contributed by atoms with E-state index < -0.39 is 18.6 Å². The highest BCUT2D eigenvalue weighted by Gasteiger charge is 2.37. The normalized spacial score (nSPS) is 18.7. The summed E-state index contributed by atoms with van der Waals surface area (Å²) in [6.45, 7) is 16.2. The van der Waals surface area contributed by atoms with E-state index >= 15 is 0 Å². The maximum atomic E-state index is 13.6. The number of allylic oxidation sites excluding steroid dienone is 4. The topological polar surface area (TPSA) is 103 Å². The van der Waals surface area contributed by atoms with Crippen LogP contribution in [0.5, 0.6) is 0 Å². The number of hydrogen-bond donors (Lipinski definition) is 1. The predicted molar refractivity (Wildman–Crippen MR) is 162 cm³/mol. The van der Waals surface area contributed by atoms with Gasteiger partial charge in [-0.3, -0.25) is 19.0 Å². The molecule has 4 heterocycles. The first-order valence-corrected chi connectivity index (χ1v) is 14.1. The summed E-state index contributed by atoms with van der Waals surface area (Å²) in [6, 6.07) is 3.33. The molecule has 0 atom stereocenters. The monoisotopic (exact) mass is 580 g/mol. The molecule has 218 valence electrons. The molecule has 0 saturated carbocycles. The number of aromatic nitrogens is 2. The highest BCUT2D eigenvalue weighted by atomic mass is 35.5. The zero-order valence-corrected chi connectivity index (χ0v) is 25.2. The van der Waals surface area contributed by atoms with Crippen molar-refractivity contribution >= 4 is 47.0 Å². The van der Waals surface area contributed by atoms with Gasteiger partial charge in [0.1, 0.15) is 17.8 Å². The number of likely N-dealkylation sites (tertiary alicyclic amines) is 1.